The van der Waals surface area contributed by atoms with Crippen LogP contribution in [0, 0.1) is 28.6 Å². The summed E-state index contributed by atoms with van der Waals surface area (Å²) in [5, 5.41) is 41.1. The molecule has 0 radical (unpaired) electrons. The van der Waals surface area contributed by atoms with Crippen LogP contribution in [0.3, 0.4) is 0 Å². The smallest absolute Gasteiger partial charge is 0.314 e. The van der Waals surface area contributed by atoms with Crippen LogP contribution in [0.25, 0.3) is 0 Å². The normalized spacial score (nSPS) is 35.7. The van der Waals surface area contributed by atoms with E-state index in [2.05, 4.69) is 4.74 Å². The number of hydrogen-bond acceptors (Lipinski definition) is 11. The van der Waals surface area contributed by atoms with E-state index in [9.17, 15) is 44.1 Å². The van der Waals surface area contributed by atoms with E-state index in [-0.39, 0.29) is 36.2 Å². The van der Waals surface area contributed by atoms with E-state index < -0.39 is 90.4 Å². The number of carbonyl (C=O) groups excluding carboxylic acids is 5. The van der Waals surface area contributed by atoms with Crippen molar-refractivity contribution in [1.82, 2.24) is 0 Å². The zero-order valence-corrected chi connectivity index (χ0v) is 23.1. The second kappa shape index (κ2) is 11.2. The van der Waals surface area contributed by atoms with Gasteiger partial charge in [0.15, 0.2) is 11.6 Å². The van der Waals surface area contributed by atoms with Crippen molar-refractivity contribution >= 4 is 35.4 Å². The minimum atomic E-state index is -1.77. The lowest BCUT2D eigenvalue weighted by Crippen LogP contribution is -2.62. The van der Waals surface area contributed by atoms with Crippen LogP contribution in [0.5, 0.6) is 0 Å². The highest BCUT2D eigenvalue weighted by Gasteiger charge is 2.69. The Bertz CT molecular complexity index is 1230. The van der Waals surface area contributed by atoms with E-state index in [4.69, 9.17) is 9.84 Å². The third kappa shape index (κ3) is 5.28. The Labute approximate surface area is 236 Å². The number of allylic oxidation sites excluding steroid dienone is 3. The molecule has 0 aromatic carbocycles. The van der Waals surface area contributed by atoms with Gasteiger partial charge >= 0.3 is 23.9 Å². The van der Waals surface area contributed by atoms with Gasteiger partial charge in [0.05, 0.1) is 37.2 Å². The number of carbonyl (C=O) groups is 6. The third-order valence-electron chi connectivity index (χ3n) is 9.92. The number of esters is 3. The Balaban J connectivity index is 1.51. The predicted molar refractivity (Wildman–Crippen MR) is 137 cm³/mol. The number of aliphatic carboxylic acids is 1. The standard InChI is InChI=1S/C29H36O12/c1-27-13-19(32)26-17(18(27)9-10-29(27,39)20(33)14-30)4-3-15-11-16(31)12-21(28(15,26)2)40-23(36)7-8-25(38)41-24(37)6-5-22(34)35/h11-12,17-19,26,30,32,39H,3-10,13-14H2,1-2H3,(H,34,35)/t17-,18-,19-,26+,27-,28+,29-/m0/s1. The highest BCUT2D eigenvalue weighted by atomic mass is 16.6. The van der Waals surface area contributed by atoms with Crippen LogP contribution in [-0.4, -0.2) is 74.2 Å². The Morgan fingerprint density at radius 2 is 1.61 bits per heavy atom. The maximum Gasteiger partial charge on any atom is 0.314 e. The summed E-state index contributed by atoms with van der Waals surface area (Å²) in [5.41, 5.74) is -3.10. The molecular weight excluding hydrogens is 540 g/mol. The predicted octanol–water partition coefficient (Wildman–Crippen LogP) is 1.14. The molecule has 3 fully saturated rings. The average molecular weight is 577 g/mol. The molecule has 0 saturated heterocycles. The van der Waals surface area contributed by atoms with E-state index in [0.29, 0.717) is 24.8 Å². The topological polar surface area (TPSA) is 202 Å². The first-order chi connectivity index (χ1) is 19.2. The fourth-order valence-electron chi connectivity index (χ4n) is 7.95. The number of fused-ring (bicyclic) bond motifs is 5. The van der Waals surface area contributed by atoms with Crippen LogP contribution in [0.15, 0.2) is 23.5 Å². The minimum absolute atomic E-state index is 0.0351. The summed E-state index contributed by atoms with van der Waals surface area (Å²) in [6.07, 6.45) is 1.45. The number of carboxylic acid groups (broad SMARTS) is 1. The van der Waals surface area contributed by atoms with E-state index >= 15 is 0 Å². The monoisotopic (exact) mass is 576 g/mol. The zero-order valence-electron chi connectivity index (χ0n) is 23.1. The van der Waals surface area contributed by atoms with Gasteiger partial charge in [-0.3, -0.25) is 28.8 Å². The van der Waals surface area contributed by atoms with Gasteiger partial charge in [-0.1, -0.05) is 12.5 Å². The lowest BCUT2D eigenvalue weighted by Gasteiger charge is -2.60. The van der Waals surface area contributed by atoms with Crippen molar-refractivity contribution in [2.75, 3.05) is 6.61 Å². The molecule has 0 unspecified atom stereocenters. The van der Waals surface area contributed by atoms with Crippen LogP contribution in [0.1, 0.15) is 71.6 Å². The molecule has 0 aliphatic heterocycles. The highest BCUT2D eigenvalue weighted by Crippen LogP contribution is 2.68. The largest absolute Gasteiger partial charge is 0.481 e. The number of hydrogen-bond donors (Lipinski definition) is 4. The first-order valence-electron chi connectivity index (χ1n) is 13.8. The first-order valence-corrected chi connectivity index (χ1v) is 13.8. The van der Waals surface area contributed by atoms with Crippen LogP contribution in [-0.2, 0) is 38.2 Å². The molecule has 0 bridgehead atoms. The average Bonchev–Trinajstić information content (AvgIpc) is 3.17. The van der Waals surface area contributed by atoms with Gasteiger partial charge in [0.1, 0.15) is 18.0 Å². The van der Waals surface area contributed by atoms with Gasteiger partial charge in [-0.25, -0.2) is 0 Å². The zero-order chi connectivity index (χ0) is 30.3. The summed E-state index contributed by atoms with van der Waals surface area (Å²) in [6, 6.07) is 0. The number of carboxylic acids is 1. The lowest BCUT2D eigenvalue weighted by molar-refractivity contribution is -0.182. The molecule has 4 N–H and O–H groups in total. The molecule has 4 aliphatic rings. The number of aliphatic hydroxyl groups is 3. The molecule has 4 rings (SSSR count). The molecule has 0 spiro atoms. The van der Waals surface area contributed by atoms with Crippen molar-refractivity contribution in [1.29, 1.82) is 0 Å². The molecule has 12 heteroatoms. The van der Waals surface area contributed by atoms with Crippen LogP contribution < -0.4 is 0 Å². The molecule has 0 aromatic heterocycles. The summed E-state index contributed by atoms with van der Waals surface area (Å²) in [5.74, 6) is -6.02. The van der Waals surface area contributed by atoms with Crippen molar-refractivity contribution in [2.24, 2.45) is 28.6 Å². The Morgan fingerprint density at radius 1 is 0.976 bits per heavy atom. The van der Waals surface area contributed by atoms with E-state index in [1.54, 1.807) is 13.8 Å². The van der Waals surface area contributed by atoms with Crippen molar-refractivity contribution in [3.05, 3.63) is 23.5 Å². The van der Waals surface area contributed by atoms with E-state index in [1.807, 2.05) is 0 Å². The van der Waals surface area contributed by atoms with Gasteiger partial charge < -0.3 is 29.9 Å². The van der Waals surface area contributed by atoms with Crippen molar-refractivity contribution in [2.45, 2.75) is 83.3 Å². The van der Waals surface area contributed by atoms with Crippen LogP contribution in [0.2, 0.25) is 0 Å². The summed E-state index contributed by atoms with van der Waals surface area (Å²) < 4.78 is 10.2. The second-order valence-corrected chi connectivity index (χ2v) is 12.0. The van der Waals surface area contributed by atoms with Gasteiger partial charge in [-0.2, -0.15) is 0 Å². The van der Waals surface area contributed by atoms with Crippen LogP contribution >= 0.6 is 0 Å². The van der Waals surface area contributed by atoms with Gasteiger partial charge in [-0.15, -0.1) is 0 Å². The van der Waals surface area contributed by atoms with E-state index in [1.165, 1.54) is 12.2 Å². The number of rotatable bonds is 9. The number of ether oxygens (including phenoxy) is 2. The van der Waals surface area contributed by atoms with Crippen molar-refractivity contribution in [3.63, 3.8) is 0 Å². The molecule has 0 aromatic rings. The quantitative estimate of drug-likeness (QED) is 0.226. The highest BCUT2D eigenvalue weighted by molar-refractivity contribution is 6.02. The second-order valence-electron chi connectivity index (χ2n) is 12.0. The van der Waals surface area contributed by atoms with Gasteiger partial charge in [-0.05, 0) is 56.9 Å². The molecule has 41 heavy (non-hydrogen) atoms. The molecular formula is C29H36O12. The fraction of sp³-hybridized carbons (Fsp3) is 0.655. The van der Waals surface area contributed by atoms with Gasteiger partial charge in [0, 0.05) is 17.4 Å². The van der Waals surface area contributed by atoms with Crippen molar-refractivity contribution < 1.29 is 58.7 Å². The SMILES string of the molecule is C[C@@]12C(=CC(=O)C=C1OC(=O)CCC(=O)OC(=O)CCC(=O)O)CC[C@@H]1[C@@H]2[C@@H](O)C[C@@]2(C)[C@H]1CC[C@]2(O)C(=O)CO. The van der Waals surface area contributed by atoms with Crippen LogP contribution in [0.4, 0.5) is 0 Å². The number of Topliss-reactive ketones (excluding diaryl/α,β-unsaturated/α-hetero) is 1. The minimum Gasteiger partial charge on any atom is -0.481 e. The molecule has 224 valence electrons. The first kappa shape index (κ1) is 30.7. The van der Waals surface area contributed by atoms with Gasteiger partial charge in [0.2, 0.25) is 0 Å². The number of aliphatic hydroxyl groups excluding tert-OH is 2. The van der Waals surface area contributed by atoms with E-state index in [0.717, 1.165) is 0 Å². The molecule has 7 atom stereocenters. The third-order valence-corrected chi connectivity index (χ3v) is 9.92. The maximum absolute atomic E-state index is 12.8. The van der Waals surface area contributed by atoms with Gasteiger partial charge in [0.25, 0.3) is 0 Å². The molecule has 0 amide bonds. The summed E-state index contributed by atoms with van der Waals surface area (Å²) in [4.78, 5) is 72.1. The Kier molecular flexibility index (Phi) is 8.41. The number of ketones is 2. The Morgan fingerprint density at radius 3 is 2.24 bits per heavy atom. The van der Waals surface area contributed by atoms with Crippen molar-refractivity contribution in [3.8, 4) is 0 Å². The summed E-state index contributed by atoms with van der Waals surface area (Å²) in [7, 11) is 0. The molecule has 3 saturated carbocycles. The summed E-state index contributed by atoms with van der Waals surface area (Å²) >= 11 is 0. The summed E-state index contributed by atoms with van der Waals surface area (Å²) in [6.45, 7) is 2.77. The lowest BCUT2D eigenvalue weighted by atomic mass is 9.45. The Hall–Kier alpha value is -3.22. The molecule has 12 nitrogen and oxygen atoms in total. The molecule has 4 aliphatic carbocycles. The molecule has 0 heterocycles. The fourth-order valence-corrected chi connectivity index (χ4v) is 7.95. The maximum atomic E-state index is 12.8.